The molecule has 0 aliphatic rings. The summed E-state index contributed by atoms with van der Waals surface area (Å²) in [5.41, 5.74) is 2.12. The molecule has 1 aromatic heterocycles. The average Bonchev–Trinajstić information content (AvgIpc) is 3.09. The molecule has 6 heteroatoms. The van der Waals surface area contributed by atoms with E-state index < -0.39 is 5.82 Å². The highest BCUT2D eigenvalue weighted by Crippen LogP contribution is 2.24. The van der Waals surface area contributed by atoms with Crippen LogP contribution < -0.4 is 10.1 Å². The number of carbonyl (C=O) groups excluding carboxylic acids is 1. The second-order valence-electron chi connectivity index (χ2n) is 5.05. The quantitative estimate of drug-likeness (QED) is 0.765. The molecule has 1 amide bonds. The highest BCUT2D eigenvalue weighted by molar-refractivity contribution is 7.09. The van der Waals surface area contributed by atoms with E-state index in [4.69, 9.17) is 4.74 Å². The summed E-state index contributed by atoms with van der Waals surface area (Å²) in [6.07, 6.45) is 0. The minimum atomic E-state index is -0.432. The van der Waals surface area contributed by atoms with Crippen molar-refractivity contribution in [2.75, 3.05) is 7.11 Å². The van der Waals surface area contributed by atoms with Gasteiger partial charge in [-0.3, -0.25) is 4.79 Å². The van der Waals surface area contributed by atoms with Crippen molar-refractivity contribution >= 4 is 17.2 Å². The normalized spacial score (nSPS) is 10.4. The first-order valence-electron chi connectivity index (χ1n) is 7.28. The number of ether oxygens (including phenoxy) is 1. The summed E-state index contributed by atoms with van der Waals surface area (Å²) in [6, 6.07) is 13.2. The highest BCUT2D eigenvalue weighted by Gasteiger charge is 2.09. The van der Waals surface area contributed by atoms with Crippen LogP contribution in [0.4, 0.5) is 4.39 Å². The largest absolute Gasteiger partial charge is 0.497 e. The van der Waals surface area contributed by atoms with Crippen LogP contribution in [0, 0.1) is 5.82 Å². The predicted molar refractivity (Wildman–Crippen MR) is 91.7 cm³/mol. The lowest BCUT2D eigenvalue weighted by Crippen LogP contribution is -2.22. The van der Waals surface area contributed by atoms with Crippen molar-refractivity contribution in [1.29, 1.82) is 0 Å². The van der Waals surface area contributed by atoms with Crippen LogP contribution in [0.25, 0.3) is 11.3 Å². The number of nitrogens with one attached hydrogen (secondary N) is 1. The number of aromatic nitrogens is 1. The SMILES string of the molecule is COc1ccc(-c2csc(CNC(=O)c3cccc(F)c3)n2)cc1. The molecule has 1 heterocycles. The van der Waals surface area contributed by atoms with Gasteiger partial charge in [-0.05, 0) is 42.5 Å². The number of carbonyl (C=O) groups is 1. The van der Waals surface area contributed by atoms with Gasteiger partial charge in [-0.2, -0.15) is 0 Å². The standard InChI is InChI=1S/C18H15FN2O2S/c1-23-15-7-5-12(6-8-15)16-11-24-17(21-16)10-20-18(22)13-3-2-4-14(19)9-13/h2-9,11H,10H2,1H3,(H,20,22). The van der Waals surface area contributed by atoms with Crippen molar-refractivity contribution in [3.8, 4) is 17.0 Å². The topological polar surface area (TPSA) is 51.2 Å². The zero-order valence-electron chi connectivity index (χ0n) is 13.0. The lowest BCUT2D eigenvalue weighted by atomic mass is 10.2. The summed E-state index contributed by atoms with van der Waals surface area (Å²) in [4.78, 5) is 16.5. The monoisotopic (exact) mass is 342 g/mol. The maximum atomic E-state index is 13.1. The van der Waals surface area contributed by atoms with E-state index in [0.717, 1.165) is 22.0 Å². The molecule has 0 bridgehead atoms. The van der Waals surface area contributed by atoms with Crippen LogP contribution in [0.15, 0.2) is 53.9 Å². The van der Waals surface area contributed by atoms with Crippen LogP contribution in [-0.4, -0.2) is 18.0 Å². The maximum Gasteiger partial charge on any atom is 0.251 e. The first kappa shape index (κ1) is 16.1. The fourth-order valence-electron chi connectivity index (χ4n) is 2.17. The van der Waals surface area contributed by atoms with Gasteiger partial charge in [-0.1, -0.05) is 6.07 Å². The van der Waals surface area contributed by atoms with Crippen molar-refractivity contribution in [3.05, 3.63) is 70.3 Å². The van der Waals surface area contributed by atoms with E-state index >= 15 is 0 Å². The summed E-state index contributed by atoms with van der Waals surface area (Å²) in [7, 11) is 1.62. The molecule has 0 radical (unpaired) electrons. The minimum absolute atomic E-state index is 0.293. The number of thiazole rings is 1. The third kappa shape index (κ3) is 3.78. The molecule has 1 N–H and O–H groups in total. The second kappa shape index (κ2) is 7.23. The maximum absolute atomic E-state index is 13.1. The van der Waals surface area contributed by atoms with Gasteiger partial charge >= 0.3 is 0 Å². The van der Waals surface area contributed by atoms with Gasteiger partial charge in [0.15, 0.2) is 0 Å². The Bertz CT molecular complexity index is 846. The Balaban J connectivity index is 1.64. The summed E-state index contributed by atoms with van der Waals surface area (Å²) in [5, 5.41) is 5.47. The Morgan fingerprint density at radius 2 is 2.04 bits per heavy atom. The molecule has 3 aromatic rings. The lowest BCUT2D eigenvalue weighted by Gasteiger charge is -2.03. The molecule has 4 nitrogen and oxygen atoms in total. The Hall–Kier alpha value is -2.73. The number of halogens is 1. The Morgan fingerprint density at radius 3 is 2.75 bits per heavy atom. The third-order valence-corrected chi connectivity index (χ3v) is 4.27. The first-order valence-corrected chi connectivity index (χ1v) is 8.16. The lowest BCUT2D eigenvalue weighted by molar-refractivity contribution is 0.0950. The van der Waals surface area contributed by atoms with Crippen LogP contribution >= 0.6 is 11.3 Å². The molecule has 122 valence electrons. The van der Waals surface area contributed by atoms with E-state index in [1.807, 2.05) is 29.6 Å². The molecular weight excluding hydrogens is 327 g/mol. The molecule has 0 aliphatic carbocycles. The van der Waals surface area contributed by atoms with Crippen LogP contribution in [0.5, 0.6) is 5.75 Å². The first-order chi connectivity index (χ1) is 11.7. The van der Waals surface area contributed by atoms with E-state index in [-0.39, 0.29) is 5.91 Å². The Kier molecular flexibility index (Phi) is 4.86. The van der Waals surface area contributed by atoms with Crippen LogP contribution in [-0.2, 0) is 6.54 Å². The number of hydrogen-bond acceptors (Lipinski definition) is 4. The van der Waals surface area contributed by atoms with E-state index in [9.17, 15) is 9.18 Å². The van der Waals surface area contributed by atoms with Crippen LogP contribution in [0.3, 0.4) is 0 Å². The molecule has 0 fully saturated rings. The number of nitrogens with zero attached hydrogens (tertiary/aromatic N) is 1. The summed E-state index contributed by atoms with van der Waals surface area (Å²) in [5.74, 6) is 0.0333. The summed E-state index contributed by atoms with van der Waals surface area (Å²) in [6.45, 7) is 0.302. The highest BCUT2D eigenvalue weighted by atomic mass is 32.1. The van der Waals surface area contributed by atoms with Gasteiger partial charge in [-0.25, -0.2) is 9.37 Å². The average molecular weight is 342 g/mol. The zero-order chi connectivity index (χ0) is 16.9. The summed E-state index contributed by atoms with van der Waals surface area (Å²) < 4.78 is 18.3. The van der Waals surface area contributed by atoms with Gasteiger partial charge in [0.05, 0.1) is 19.3 Å². The minimum Gasteiger partial charge on any atom is -0.497 e. The van der Waals surface area contributed by atoms with Crippen LogP contribution in [0.1, 0.15) is 15.4 Å². The number of rotatable bonds is 5. The van der Waals surface area contributed by atoms with Crippen LogP contribution in [0.2, 0.25) is 0 Å². The number of amides is 1. The molecular formula is C18H15FN2O2S. The van der Waals surface area contributed by atoms with Gasteiger partial charge < -0.3 is 10.1 Å². The van der Waals surface area contributed by atoms with E-state index in [1.54, 1.807) is 13.2 Å². The number of benzene rings is 2. The number of methoxy groups -OCH3 is 1. The second-order valence-corrected chi connectivity index (χ2v) is 5.99. The predicted octanol–water partition coefficient (Wildman–Crippen LogP) is 3.89. The van der Waals surface area contributed by atoms with Crippen molar-refractivity contribution in [1.82, 2.24) is 10.3 Å². The van der Waals surface area contributed by atoms with Gasteiger partial charge in [0.1, 0.15) is 16.6 Å². The molecule has 0 saturated heterocycles. The van der Waals surface area contributed by atoms with Gasteiger partial charge in [0, 0.05) is 16.5 Å². The van der Waals surface area contributed by atoms with E-state index in [1.165, 1.54) is 29.5 Å². The fourth-order valence-corrected chi connectivity index (χ4v) is 2.92. The molecule has 2 aromatic carbocycles. The van der Waals surface area contributed by atoms with Crippen molar-refractivity contribution in [3.63, 3.8) is 0 Å². The van der Waals surface area contributed by atoms with Crippen molar-refractivity contribution in [2.24, 2.45) is 0 Å². The Morgan fingerprint density at radius 1 is 1.25 bits per heavy atom. The third-order valence-electron chi connectivity index (χ3n) is 3.42. The Labute approximate surface area is 142 Å². The van der Waals surface area contributed by atoms with E-state index in [2.05, 4.69) is 10.3 Å². The van der Waals surface area contributed by atoms with Crippen molar-refractivity contribution in [2.45, 2.75) is 6.54 Å². The van der Waals surface area contributed by atoms with Gasteiger partial charge in [0.2, 0.25) is 0 Å². The molecule has 24 heavy (non-hydrogen) atoms. The molecule has 3 rings (SSSR count). The molecule has 0 atom stereocenters. The smallest absolute Gasteiger partial charge is 0.251 e. The van der Waals surface area contributed by atoms with E-state index in [0.29, 0.717) is 12.1 Å². The molecule has 0 saturated carbocycles. The summed E-state index contributed by atoms with van der Waals surface area (Å²) >= 11 is 1.46. The zero-order valence-corrected chi connectivity index (χ0v) is 13.8. The number of hydrogen-bond donors (Lipinski definition) is 1. The van der Waals surface area contributed by atoms with Gasteiger partial charge in [-0.15, -0.1) is 11.3 Å². The van der Waals surface area contributed by atoms with Gasteiger partial charge in [0.25, 0.3) is 5.91 Å². The molecule has 0 spiro atoms. The molecule has 0 aliphatic heterocycles. The molecule has 0 unspecified atom stereocenters. The van der Waals surface area contributed by atoms with Crippen molar-refractivity contribution < 1.29 is 13.9 Å². The fraction of sp³-hybridized carbons (Fsp3) is 0.111.